The van der Waals surface area contributed by atoms with Crippen molar-refractivity contribution < 1.29 is 29.7 Å². The number of para-hydroxylation sites is 1. The Morgan fingerprint density at radius 1 is 1.23 bits per heavy atom. The van der Waals surface area contributed by atoms with Gasteiger partial charge in [0.1, 0.15) is 5.75 Å². The largest absolute Gasteiger partial charge is 0.508 e. The number of aliphatic hydroxyl groups excluding tert-OH is 1. The molecule has 2 aliphatic heterocycles. The molecule has 0 bridgehead atoms. The van der Waals surface area contributed by atoms with Crippen LogP contribution in [0, 0.1) is 11.8 Å². The van der Waals surface area contributed by atoms with E-state index >= 15 is 0 Å². The number of phenols is 1. The number of amides is 2. The third-order valence-electron chi connectivity index (χ3n) is 5.23. The van der Waals surface area contributed by atoms with Crippen LogP contribution in [0.15, 0.2) is 24.3 Å². The summed E-state index contributed by atoms with van der Waals surface area (Å²) in [6.07, 6.45) is 0. The summed E-state index contributed by atoms with van der Waals surface area (Å²) in [7, 11) is 0. The SMILES string of the molecule is CC(C)(C)N1C(=O)C2C(c3ccccc3O)NC(CO)(C(=O)O)C2C1=O. The summed E-state index contributed by atoms with van der Waals surface area (Å²) in [5, 5.41) is 32.6. The van der Waals surface area contributed by atoms with Gasteiger partial charge in [-0.2, -0.15) is 0 Å². The molecule has 2 fully saturated rings. The van der Waals surface area contributed by atoms with Crippen molar-refractivity contribution in [2.24, 2.45) is 11.8 Å². The van der Waals surface area contributed by atoms with Crippen LogP contribution in [0.2, 0.25) is 0 Å². The second-order valence-electron chi connectivity index (χ2n) is 7.80. The summed E-state index contributed by atoms with van der Waals surface area (Å²) < 4.78 is 0. The number of carbonyl (C=O) groups excluding carboxylic acids is 2. The number of phenolic OH excluding ortho intramolecular Hbond substituents is 1. The first-order chi connectivity index (χ1) is 12.1. The minimum Gasteiger partial charge on any atom is -0.508 e. The van der Waals surface area contributed by atoms with Gasteiger partial charge >= 0.3 is 5.97 Å². The summed E-state index contributed by atoms with van der Waals surface area (Å²) in [6, 6.07) is 5.33. The predicted octanol–water partition coefficient (Wildman–Crippen LogP) is 0.252. The van der Waals surface area contributed by atoms with Crippen molar-refractivity contribution in [3.63, 3.8) is 0 Å². The van der Waals surface area contributed by atoms with Crippen molar-refractivity contribution >= 4 is 17.8 Å². The molecule has 2 amide bonds. The van der Waals surface area contributed by atoms with E-state index < -0.39 is 53.3 Å². The van der Waals surface area contributed by atoms with Crippen molar-refractivity contribution in [3.05, 3.63) is 29.8 Å². The molecule has 8 heteroatoms. The van der Waals surface area contributed by atoms with Crippen LogP contribution in [0.5, 0.6) is 5.75 Å². The molecule has 2 aliphatic rings. The van der Waals surface area contributed by atoms with Crippen molar-refractivity contribution in [1.82, 2.24) is 10.2 Å². The van der Waals surface area contributed by atoms with E-state index in [1.807, 2.05) is 0 Å². The second kappa shape index (κ2) is 5.78. The van der Waals surface area contributed by atoms with Gasteiger partial charge < -0.3 is 15.3 Å². The Kier molecular flexibility index (Phi) is 4.08. The molecule has 26 heavy (non-hydrogen) atoms. The topological polar surface area (TPSA) is 127 Å². The molecule has 1 aromatic carbocycles. The lowest BCUT2D eigenvalue weighted by Gasteiger charge is -2.34. The van der Waals surface area contributed by atoms with Gasteiger partial charge in [-0.25, -0.2) is 0 Å². The summed E-state index contributed by atoms with van der Waals surface area (Å²) in [5.41, 5.74) is -2.51. The summed E-state index contributed by atoms with van der Waals surface area (Å²) in [4.78, 5) is 39.2. The number of aromatic hydroxyl groups is 1. The Hall–Kier alpha value is -2.45. The summed E-state index contributed by atoms with van der Waals surface area (Å²) in [5.74, 6) is -4.96. The zero-order chi connectivity index (χ0) is 19.4. The Morgan fingerprint density at radius 3 is 2.35 bits per heavy atom. The van der Waals surface area contributed by atoms with Crippen molar-refractivity contribution in [1.29, 1.82) is 0 Å². The highest BCUT2D eigenvalue weighted by molar-refractivity contribution is 6.10. The number of aliphatic hydroxyl groups is 1. The molecular formula is C18H22N2O6. The van der Waals surface area contributed by atoms with Crippen LogP contribution in [0.1, 0.15) is 32.4 Å². The normalized spacial score (nSPS) is 31.4. The van der Waals surface area contributed by atoms with Gasteiger partial charge in [-0.05, 0) is 26.8 Å². The van der Waals surface area contributed by atoms with Crippen LogP contribution < -0.4 is 5.32 Å². The smallest absolute Gasteiger partial charge is 0.327 e. The Balaban J connectivity index is 2.19. The quantitative estimate of drug-likeness (QED) is 0.568. The molecule has 3 rings (SSSR count). The average Bonchev–Trinajstić information content (AvgIpc) is 3.02. The number of likely N-dealkylation sites (tertiary alicyclic amines) is 1. The lowest BCUT2D eigenvalue weighted by Crippen LogP contribution is -2.59. The Bertz CT molecular complexity index is 786. The van der Waals surface area contributed by atoms with Crippen LogP contribution in [0.3, 0.4) is 0 Å². The van der Waals surface area contributed by atoms with E-state index in [0.29, 0.717) is 5.56 Å². The predicted molar refractivity (Wildman–Crippen MR) is 90.0 cm³/mol. The number of aliphatic carboxylic acids is 1. The van der Waals surface area contributed by atoms with Gasteiger partial charge in [0.15, 0.2) is 5.54 Å². The fraction of sp³-hybridized carbons (Fsp3) is 0.500. The highest BCUT2D eigenvalue weighted by Crippen LogP contribution is 2.51. The molecule has 4 unspecified atom stereocenters. The number of hydrogen-bond acceptors (Lipinski definition) is 6. The van der Waals surface area contributed by atoms with Gasteiger partial charge in [0.05, 0.1) is 18.4 Å². The van der Waals surface area contributed by atoms with Gasteiger partial charge in [-0.1, -0.05) is 18.2 Å². The fourth-order valence-corrected chi connectivity index (χ4v) is 4.09. The molecular weight excluding hydrogens is 340 g/mol. The monoisotopic (exact) mass is 362 g/mol. The van der Waals surface area contributed by atoms with E-state index in [-0.39, 0.29) is 5.75 Å². The third kappa shape index (κ3) is 2.33. The number of nitrogens with zero attached hydrogens (tertiary/aromatic N) is 1. The van der Waals surface area contributed by atoms with E-state index in [1.165, 1.54) is 6.07 Å². The zero-order valence-corrected chi connectivity index (χ0v) is 14.8. The van der Waals surface area contributed by atoms with Gasteiger partial charge in [0.2, 0.25) is 11.8 Å². The van der Waals surface area contributed by atoms with E-state index in [0.717, 1.165) is 4.90 Å². The van der Waals surface area contributed by atoms with Gasteiger partial charge in [0.25, 0.3) is 0 Å². The number of carboxylic acid groups (broad SMARTS) is 1. The van der Waals surface area contributed by atoms with Crippen molar-refractivity contribution in [3.8, 4) is 5.75 Å². The molecule has 140 valence electrons. The molecule has 2 heterocycles. The number of carboxylic acids is 1. The van der Waals surface area contributed by atoms with Gasteiger partial charge in [0, 0.05) is 17.1 Å². The number of benzene rings is 1. The van der Waals surface area contributed by atoms with Crippen LogP contribution in [0.25, 0.3) is 0 Å². The van der Waals surface area contributed by atoms with Gasteiger partial charge in [-0.15, -0.1) is 0 Å². The molecule has 2 saturated heterocycles. The number of nitrogens with one attached hydrogen (secondary N) is 1. The lowest BCUT2D eigenvalue weighted by atomic mass is 9.79. The highest BCUT2D eigenvalue weighted by Gasteiger charge is 2.69. The number of fused-ring (bicyclic) bond motifs is 1. The summed E-state index contributed by atoms with van der Waals surface area (Å²) in [6.45, 7) is 4.21. The number of imide groups is 1. The first-order valence-corrected chi connectivity index (χ1v) is 8.34. The van der Waals surface area contributed by atoms with Crippen molar-refractivity contribution in [2.45, 2.75) is 37.9 Å². The Morgan fingerprint density at radius 2 is 1.85 bits per heavy atom. The molecule has 0 aliphatic carbocycles. The minimum absolute atomic E-state index is 0.114. The number of carbonyl (C=O) groups is 3. The molecule has 0 aromatic heterocycles. The van der Waals surface area contributed by atoms with E-state index in [2.05, 4.69) is 5.32 Å². The number of rotatable bonds is 3. The summed E-state index contributed by atoms with van der Waals surface area (Å²) >= 11 is 0. The fourth-order valence-electron chi connectivity index (χ4n) is 4.09. The first-order valence-electron chi connectivity index (χ1n) is 8.34. The zero-order valence-electron chi connectivity index (χ0n) is 14.8. The van der Waals surface area contributed by atoms with Crippen LogP contribution in [0.4, 0.5) is 0 Å². The average molecular weight is 362 g/mol. The van der Waals surface area contributed by atoms with Crippen molar-refractivity contribution in [2.75, 3.05) is 6.61 Å². The van der Waals surface area contributed by atoms with Crippen LogP contribution in [-0.2, 0) is 14.4 Å². The standard InChI is InChI=1S/C18H22N2O6/c1-17(2,3)20-14(23)11-12(15(20)24)18(8-21,16(25)26)19-13(11)9-6-4-5-7-10(9)22/h4-7,11-13,19,21-22H,8H2,1-3H3,(H,25,26). The molecule has 1 aromatic rings. The van der Waals surface area contributed by atoms with Gasteiger partial charge in [-0.3, -0.25) is 24.6 Å². The molecule has 4 N–H and O–H groups in total. The third-order valence-corrected chi connectivity index (χ3v) is 5.23. The number of hydrogen-bond donors (Lipinski definition) is 4. The maximum Gasteiger partial charge on any atom is 0.327 e. The minimum atomic E-state index is -2.00. The molecule has 0 saturated carbocycles. The molecule has 0 radical (unpaired) electrons. The maximum atomic E-state index is 13.1. The lowest BCUT2D eigenvalue weighted by molar-refractivity contribution is -0.155. The Labute approximate surface area is 150 Å². The van der Waals surface area contributed by atoms with E-state index in [9.17, 15) is 29.7 Å². The van der Waals surface area contributed by atoms with E-state index in [1.54, 1.807) is 39.0 Å². The second-order valence-corrected chi connectivity index (χ2v) is 7.80. The molecule has 8 nitrogen and oxygen atoms in total. The van der Waals surface area contributed by atoms with Crippen LogP contribution in [-0.4, -0.2) is 55.7 Å². The molecule has 0 spiro atoms. The highest BCUT2D eigenvalue weighted by atomic mass is 16.4. The van der Waals surface area contributed by atoms with Crippen LogP contribution >= 0.6 is 0 Å². The first kappa shape index (κ1) is 18.3. The van der Waals surface area contributed by atoms with E-state index in [4.69, 9.17) is 0 Å². The maximum absolute atomic E-state index is 13.1. The molecule has 4 atom stereocenters.